The largest absolute Gasteiger partial charge is 0.337 e. The van der Waals surface area contributed by atoms with Crippen molar-refractivity contribution in [3.05, 3.63) is 65.2 Å². The van der Waals surface area contributed by atoms with Crippen molar-refractivity contribution >= 4 is 15.9 Å². The summed E-state index contributed by atoms with van der Waals surface area (Å²) in [5, 5.41) is 0. The minimum atomic E-state index is -3.76. The lowest BCUT2D eigenvalue weighted by Gasteiger charge is -2.33. The Labute approximate surface area is 161 Å². The zero-order chi connectivity index (χ0) is 19.6. The number of hydrogen-bond donors (Lipinski definition) is 1. The van der Waals surface area contributed by atoms with Gasteiger partial charge in [0.25, 0.3) is 0 Å². The summed E-state index contributed by atoms with van der Waals surface area (Å²) in [6.07, 6.45) is 0.789. The number of carbonyl (C=O) groups excluding carboxylic acids is 1. The molecule has 0 saturated carbocycles. The average Bonchev–Trinajstić information content (AvgIpc) is 2.65. The Morgan fingerprint density at radius 2 is 1.67 bits per heavy atom. The van der Waals surface area contributed by atoms with Gasteiger partial charge in [-0.25, -0.2) is 8.42 Å². The van der Waals surface area contributed by atoms with E-state index < -0.39 is 16.1 Å². The molecule has 0 fully saturated rings. The lowest BCUT2D eigenvalue weighted by molar-refractivity contribution is -0.135. The van der Waals surface area contributed by atoms with Crippen LogP contribution in [0.1, 0.15) is 30.5 Å². The van der Waals surface area contributed by atoms with Crippen LogP contribution >= 0.6 is 0 Å². The molecule has 1 heterocycles. The topological polar surface area (TPSA) is 66.5 Å². The smallest absolute Gasteiger partial charge is 0.241 e. The van der Waals surface area contributed by atoms with Crippen LogP contribution in [0.2, 0.25) is 0 Å². The van der Waals surface area contributed by atoms with E-state index in [0.717, 1.165) is 17.5 Å². The molecule has 0 saturated heterocycles. The third-order valence-corrected chi connectivity index (χ3v) is 6.45. The molecular weight excluding hydrogens is 360 g/mol. The molecule has 5 nitrogen and oxygen atoms in total. The molecule has 0 radical (unpaired) electrons. The summed E-state index contributed by atoms with van der Waals surface area (Å²) in [6, 6.07) is 13.9. The van der Waals surface area contributed by atoms with Gasteiger partial charge in [-0.3, -0.25) is 4.79 Å². The van der Waals surface area contributed by atoms with E-state index in [1.54, 1.807) is 29.2 Å². The van der Waals surface area contributed by atoms with Gasteiger partial charge in [-0.1, -0.05) is 55.8 Å². The summed E-state index contributed by atoms with van der Waals surface area (Å²) < 4.78 is 28.2. The first-order valence-corrected chi connectivity index (χ1v) is 10.7. The number of nitrogens with zero attached hydrogens (tertiary/aromatic N) is 1. The van der Waals surface area contributed by atoms with Crippen molar-refractivity contribution in [2.75, 3.05) is 6.54 Å². The summed E-state index contributed by atoms with van der Waals surface area (Å²) in [6.45, 7) is 6.74. The SMILES string of the molecule is Cc1ccc(S(=O)(=O)N[C@H](C(=O)N2CCc3ccccc3C2)C(C)C)cc1. The zero-order valence-corrected chi connectivity index (χ0v) is 16.8. The third kappa shape index (κ3) is 4.39. The molecule has 1 N–H and O–H groups in total. The van der Waals surface area contributed by atoms with E-state index in [9.17, 15) is 13.2 Å². The number of rotatable bonds is 5. The summed E-state index contributed by atoms with van der Waals surface area (Å²) in [5.41, 5.74) is 3.36. The molecule has 0 aliphatic carbocycles. The molecule has 1 amide bonds. The number of carbonyl (C=O) groups is 1. The first-order chi connectivity index (χ1) is 12.8. The number of benzene rings is 2. The molecule has 1 aliphatic rings. The average molecular weight is 387 g/mol. The fraction of sp³-hybridized carbons (Fsp3) is 0.381. The number of fused-ring (bicyclic) bond motifs is 1. The molecule has 1 atom stereocenters. The minimum absolute atomic E-state index is 0.158. The Morgan fingerprint density at radius 3 is 2.30 bits per heavy atom. The second-order valence-electron chi connectivity index (χ2n) is 7.43. The molecule has 2 aromatic rings. The first kappa shape index (κ1) is 19.6. The Bertz CT molecular complexity index is 921. The normalized spacial score (nSPS) is 15.5. The maximum Gasteiger partial charge on any atom is 0.241 e. The van der Waals surface area contributed by atoms with E-state index in [1.165, 1.54) is 5.56 Å². The molecule has 3 rings (SSSR count). The van der Waals surface area contributed by atoms with Crippen LogP contribution in [0.4, 0.5) is 0 Å². The van der Waals surface area contributed by atoms with Gasteiger partial charge in [-0.05, 0) is 42.5 Å². The lowest BCUT2D eigenvalue weighted by Crippen LogP contribution is -2.52. The van der Waals surface area contributed by atoms with Crippen LogP contribution in [-0.2, 0) is 27.8 Å². The standard InChI is InChI=1S/C21H26N2O3S/c1-15(2)20(22-27(25,26)19-10-8-16(3)9-11-19)21(24)23-13-12-17-6-4-5-7-18(17)14-23/h4-11,15,20,22H,12-14H2,1-3H3/t20-/m0/s1. The van der Waals surface area contributed by atoms with Crippen molar-refractivity contribution in [2.24, 2.45) is 5.92 Å². The lowest BCUT2D eigenvalue weighted by atomic mass is 9.97. The van der Waals surface area contributed by atoms with Crippen molar-refractivity contribution in [2.45, 2.75) is 44.7 Å². The van der Waals surface area contributed by atoms with Gasteiger partial charge in [0.15, 0.2) is 0 Å². The Morgan fingerprint density at radius 1 is 1.04 bits per heavy atom. The van der Waals surface area contributed by atoms with Crippen LogP contribution in [0.3, 0.4) is 0 Å². The van der Waals surface area contributed by atoms with Crippen molar-refractivity contribution in [1.82, 2.24) is 9.62 Å². The fourth-order valence-electron chi connectivity index (χ4n) is 3.30. The van der Waals surface area contributed by atoms with E-state index >= 15 is 0 Å². The van der Waals surface area contributed by atoms with Gasteiger partial charge in [0.1, 0.15) is 6.04 Å². The summed E-state index contributed by atoms with van der Waals surface area (Å²) >= 11 is 0. The number of aryl methyl sites for hydroxylation is 1. The van der Waals surface area contributed by atoms with E-state index in [1.807, 2.05) is 39.0 Å². The third-order valence-electron chi connectivity index (χ3n) is 4.99. The molecule has 0 spiro atoms. The predicted molar refractivity (Wildman–Crippen MR) is 106 cm³/mol. The van der Waals surface area contributed by atoms with Crippen LogP contribution < -0.4 is 4.72 Å². The number of amides is 1. The van der Waals surface area contributed by atoms with Crippen molar-refractivity contribution < 1.29 is 13.2 Å². The van der Waals surface area contributed by atoms with Crippen molar-refractivity contribution in [3.63, 3.8) is 0 Å². The minimum Gasteiger partial charge on any atom is -0.337 e. The first-order valence-electron chi connectivity index (χ1n) is 9.22. The highest BCUT2D eigenvalue weighted by atomic mass is 32.2. The summed E-state index contributed by atoms with van der Waals surface area (Å²) in [4.78, 5) is 15.0. The van der Waals surface area contributed by atoms with E-state index in [2.05, 4.69) is 10.8 Å². The second kappa shape index (κ2) is 7.82. The maximum atomic E-state index is 13.1. The molecule has 2 aromatic carbocycles. The molecule has 144 valence electrons. The summed E-state index contributed by atoms with van der Waals surface area (Å²) in [5.74, 6) is -0.329. The van der Waals surface area contributed by atoms with Crippen LogP contribution in [0.15, 0.2) is 53.4 Å². The molecule has 0 bridgehead atoms. The van der Waals surface area contributed by atoms with E-state index in [4.69, 9.17) is 0 Å². The zero-order valence-electron chi connectivity index (χ0n) is 16.0. The second-order valence-corrected chi connectivity index (χ2v) is 9.15. The van der Waals surface area contributed by atoms with Gasteiger partial charge in [0.2, 0.25) is 15.9 Å². The van der Waals surface area contributed by atoms with Gasteiger partial charge >= 0.3 is 0 Å². The summed E-state index contributed by atoms with van der Waals surface area (Å²) in [7, 11) is -3.76. The van der Waals surface area contributed by atoms with Gasteiger partial charge in [0, 0.05) is 13.1 Å². The monoisotopic (exact) mass is 386 g/mol. The molecule has 27 heavy (non-hydrogen) atoms. The van der Waals surface area contributed by atoms with E-state index in [-0.39, 0.29) is 16.7 Å². The van der Waals surface area contributed by atoms with Crippen LogP contribution in [-0.4, -0.2) is 31.8 Å². The van der Waals surface area contributed by atoms with Crippen LogP contribution in [0.5, 0.6) is 0 Å². The van der Waals surface area contributed by atoms with Crippen molar-refractivity contribution in [3.8, 4) is 0 Å². The Hall–Kier alpha value is -2.18. The fourth-order valence-corrected chi connectivity index (χ4v) is 4.64. The maximum absolute atomic E-state index is 13.1. The van der Waals surface area contributed by atoms with Crippen molar-refractivity contribution in [1.29, 1.82) is 0 Å². The Kier molecular flexibility index (Phi) is 5.67. The van der Waals surface area contributed by atoms with Crippen LogP contribution in [0.25, 0.3) is 0 Å². The molecular formula is C21H26N2O3S. The van der Waals surface area contributed by atoms with E-state index in [0.29, 0.717) is 13.1 Å². The van der Waals surface area contributed by atoms with Gasteiger partial charge in [0.05, 0.1) is 4.90 Å². The number of nitrogens with one attached hydrogen (secondary N) is 1. The molecule has 0 unspecified atom stereocenters. The predicted octanol–water partition coefficient (Wildman–Crippen LogP) is 2.88. The molecule has 6 heteroatoms. The van der Waals surface area contributed by atoms with Crippen LogP contribution in [0, 0.1) is 12.8 Å². The molecule has 1 aliphatic heterocycles. The highest BCUT2D eigenvalue weighted by Gasteiger charge is 2.32. The number of sulfonamides is 1. The quantitative estimate of drug-likeness (QED) is 0.859. The number of hydrogen-bond acceptors (Lipinski definition) is 3. The van der Waals surface area contributed by atoms with Gasteiger partial charge < -0.3 is 4.90 Å². The van der Waals surface area contributed by atoms with Gasteiger partial charge in [-0.15, -0.1) is 0 Å². The highest BCUT2D eigenvalue weighted by molar-refractivity contribution is 7.89. The molecule has 0 aromatic heterocycles. The Balaban J connectivity index is 1.79. The van der Waals surface area contributed by atoms with Gasteiger partial charge in [-0.2, -0.15) is 4.72 Å². The highest BCUT2D eigenvalue weighted by Crippen LogP contribution is 2.21.